The summed E-state index contributed by atoms with van der Waals surface area (Å²) in [4.78, 5) is 22.0. The number of amides is 1. The quantitative estimate of drug-likeness (QED) is 0.767. The van der Waals surface area contributed by atoms with Crippen LogP contribution in [-0.4, -0.2) is 23.7 Å². The molecule has 1 rings (SSSR count). The second-order valence-electron chi connectivity index (χ2n) is 4.62. The van der Waals surface area contributed by atoms with Crippen molar-refractivity contribution in [3.8, 4) is 5.75 Å². The largest absolute Gasteiger partial charge is 0.481 e. The van der Waals surface area contributed by atoms with Crippen molar-refractivity contribution in [3.05, 3.63) is 30.3 Å². The lowest BCUT2D eigenvalue weighted by molar-refractivity contribution is -0.137. The summed E-state index contributed by atoms with van der Waals surface area (Å²) in [5.74, 6) is 0.0333. The van der Waals surface area contributed by atoms with Crippen LogP contribution < -0.4 is 10.1 Å². The van der Waals surface area contributed by atoms with Crippen LogP contribution in [0.15, 0.2) is 30.3 Å². The van der Waals surface area contributed by atoms with Crippen LogP contribution in [-0.2, 0) is 4.79 Å². The zero-order valence-corrected chi connectivity index (χ0v) is 11.7. The molecule has 0 bridgehead atoms. The molecular formula is C15H21NO4. The second-order valence-corrected chi connectivity index (χ2v) is 4.62. The molecule has 1 aromatic rings. The second kappa shape index (κ2) is 8.96. The number of para-hydroxylation sites is 1. The van der Waals surface area contributed by atoms with Gasteiger partial charge in [-0.1, -0.05) is 31.5 Å². The predicted molar refractivity (Wildman–Crippen MR) is 75.7 cm³/mol. The molecule has 1 unspecified atom stereocenters. The Morgan fingerprint density at radius 1 is 1.25 bits per heavy atom. The van der Waals surface area contributed by atoms with E-state index in [1.54, 1.807) is 24.3 Å². The highest BCUT2D eigenvalue weighted by Crippen LogP contribution is 2.14. The zero-order valence-electron chi connectivity index (χ0n) is 11.7. The molecule has 1 amide bonds. The zero-order chi connectivity index (χ0) is 14.8. The fraction of sp³-hybridized carbons (Fsp3) is 0.467. The molecule has 1 atom stereocenters. The highest BCUT2D eigenvalue weighted by atomic mass is 16.6. The maximum atomic E-state index is 11.5. The number of carbonyl (C=O) groups excluding carboxylic acids is 1. The van der Waals surface area contributed by atoms with Crippen LogP contribution in [0, 0.1) is 5.92 Å². The van der Waals surface area contributed by atoms with E-state index >= 15 is 0 Å². The lowest BCUT2D eigenvalue weighted by atomic mass is 9.97. The molecule has 0 aromatic heterocycles. The molecule has 0 heterocycles. The SMILES string of the molecule is CCC(CCNC(=O)Oc1ccccc1)CCC(=O)O. The normalized spacial score (nSPS) is 11.7. The van der Waals surface area contributed by atoms with E-state index in [2.05, 4.69) is 5.32 Å². The number of carboxylic acids is 1. The number of ether oxygens (including phenoxy) is 1. The van der Waals surface area contributed by atoms with Gasteiger partial charge in [0.2, 0.25) is 0 Å². The van der Waals surface area contributed by atoms with E-state index in [-0.39, 0.29) is 6.42 Å². The molecule has 20 heavy (non-hydrogen) atoms. The van der Waals surface area contributed by atoms with E-state index in [0.717, 1.165) is 12.8 Å². The van der Waals surface area contributed by atoms with Crippen molar-refractivity contribution < 1.29 is 19.4 Å². The van der Waals surface area contributed by atoms with E-state index in [9.17, 15) is 9.59 Å². The van der Waals surface area contributed by atoms with Crippen LogP contribution in [0.2, 0.25) is 0 Å². The Balaban J connectivity index is 2.21. The Morgan fingerprint density at radius 3 is 2.55 bits per heavy atom. The first-order valence-electron chi connectivity index (χ1n) is 6.84. The number of hydrogen-bond donors (Lipinski definition) is 2. The van der Waals surface area contributed by atoms with Crippen LogP contribution in [0.1, 0.15) is 32.6 Å². The Morgan fingerprint density at radius 2 is 1.95 bits per heavy atom. The van der Waals surface area contributed by atoms with Crippen LogP contribution in [0.5, 0.6) is 5.75 Å². The fourth-order valence-electron chi connectivity index (χ4n) is 1.89. The number of hydrogen-bond acceptors (Lipinski definition) is 3. The standard InChI is InChI=1S/C15H21NO4/c1-2-12(8-9-14(17)18)10-11-16-15(19)20-13-6-4-3-5-7-13/h3-7,12H,2,8-11H2,1H3,(H,16,19)(H,17,18). The van der Waals surface area contributed by atoms with Gasteiger partial charge in [-0.2, -0.15) is 0 Å². The number of carboxylic acid groups (broad SMARTS) is 1. The van der Waals surface area contributed by atoms with Gasteiger partial charge in [0.1, 0.15) is 5.75 Å². The highest BCUT2D eigenvalue weighted by molar-refractivity contribution is 5.70. The van der Waals surface area contributed by atoms with E-state index in [1.807, 2.05) is 13.0 Å². The third kappa shape index (κ3) is 6.78. The van der Waals surface area contributed by atoms with Crippen molar-refractivity contribution in [1.82, 2.24) is 5.32 Å². The van der Waals surface area contributed by atoms with Gasteiger partial charge in [-0.25, -0.2) is 4.79 Å². The molecule has 0 fully saturated rings. The molecule has 0 radical (unpaired) electrons. The molecule has 5 heteroatoms. The third-order valence-corrected chi connectivity index (χ3v) is 3.12. The van der Waals surface area contributed by atoms with E-state index < -0.39 is 12.1 Å². The minimum absolute atomic E-state index is 0.174. The summed E-state index contributed by atoms with van der Waals surface area (Å²) in [5.41, 5.74) is 0. The maximum Gasteiger partial charge on any atom is 0.412 e. The maximum absolute atomic E-state index is 11.5. The van der Waals surface area contributed by atoms with E-state index in [4.69, 9.17) is 9.84 Å². The van der Waals surface area contributed by atoms with Crippen molar-refractivity contribution in [1.29, 1.82) is 0 Å². The minimum atomic E-state index is -0.778. The Bertz CT molecular complexity index is 419. The van der Waals surface area contributed by atoms with Gasteiger partial charge in [0, 0.05) is 13.0 Å². The van der Waals surface area contributed by atoms with Gasteiger partial charge < -0.3 is 15.2 Å². The van der Waals surface area contributed by atoms with Crippen LogP contribution >= 0.6 is 0 Å². The van der Waals surface area contributed by atoms with Gasteiger partial charge >= 0.3 is 12.1 Å². The summed E-state index contributed by atoms with van der Waals surface area (Å²) < 4.78 is 5.08. The molecule has 0 aliphatic heterocycles. The lowest BCUT2D eigenvalue weighted by Gasteiger charge is -2.13. The van der Waals surface area contributed by atoms with Crippen molar-refractivity contribution in [2.75, 3.05) is 6.54 Å². The van der Waals surface area contributed by atoms with Gasteiger partial charge in [-0.15, -0.1) is 0 Å². The Kier molecular flexibility index (Phi) is 7.17. The number of benzene rings is 1. The first-order valence-corrected chi connectivity index (χ1v) is 6.84. The number of carbonyl (C=O) groups is 2. The predicted octanol–water partition coefficient (Wildman–Crippen LogP) is 3.06. The molecule has 5 nitrogen and oxygen atoms in total. The topological polar surface area (TPSA) is 75.6 Å². The van der Waals surface area contributed by atoms with Gasteiger partial charge in [-0.05, 0) is 30.9 Å². The molecule has 0 saturated carbocycles. The number of rotatable bonds is 8. The molecule has 0 saturated heterocycles. The summed E-state index contributed by atoms with van der Waals surface area (Å²) >= 11 is 0. The Labute approximate surface area is 118 Å². The number of aliphatic carboxylic acids is 1. The Hall–Kier alpha value is -2.04. The molecule has 0 spiro atoms. The van der Waals surface area contributed by atoms with E-state index in [0.29, 0.717) is 24.6 Å². The lowest BCUT2D eigenvalue weighted by Crippen LogP contribution is -2.28. The molecule has 110 valence electrons. The molecule has 0 aliphatic carbocycles. The monoisotopic (exact) mass is 279 g/mol. The summed E-state index contributed by atoms with van der Waals surface area (Å²) in [6, 6.07) is 8.85. The average Bonchev–Trinajstić information content (AvgIpc) is 2.43. The van der Waals surface area contributed by atoms with E-state index in [1.165, 1.54) is 0 Å². The van der Waals surface area contributed by atoms with Crippen molar-refractivity contribution in [2.45, 2.75) is 32.6 Å². The third-order valence-electron chi connectivity index (χ3n) is 3.12. The van der Waals surface area contributed by atoms with Crippen LogP contribution in [0.25, 0.3) is 0 Å². The molecule has 0 aliphatic rings. The minimum Gasteiger partial charge on any atom is -0.481 e. The summed E-state index contributed by atoms with van der Waals surface area (Å²) in [6.07, 6.45) is 1.99. The average molecular weight is 279 g/mol. The van der Waals surface area contributed by atoms with Crippen molar-refractivity contribution >= 4 is 12.1 Å². The van der Waals surface area contributed by atoms with Gasteiger partial charge in [0.15, 0.2) is 0 Å². The van der Waals surface area contributed by atoms with Gasteiger partial charge in [0.05, 0.1) is 0 Å². The molecular weight excluding hydrogens is 258 g/mol. The smallest absolute Gasteiger partial charge is 0.412 e. The number of nitrogens with one attached hydrogen (secondary N) is 1. The summed E-state index contributed by atoms with van der Waals surface area (Å²) in [5, 5.41) is 11.3. The summed E-state index contributed by atoms with van der Waals surface area (Å²) in [7, 11) is 0. The fourth-order valence-corrected chi connectivity index (χ4v) is 1.89. The van der Waals surface area contributed by atoms with Crippen LogP contribution in [0.3, 0.4) is 0 Å². The van der Waals surface area contributed by atoms with Crippen molar-refractivity contribution in [2.24, 2.45) is 5.92 Å². The first kappa shape index (κ1) is 16.0. The van der Waals surface area contributed by atoms with Crippen LogP contribution in [0.4, 0.5) is 4.79 Å². The first-order chi connectivity index (χ1) is 9.61. The summed E-state index contributed by atoms with van der Waals surface area (Å²) in [6.45, 7) is 2.51. The highest BCUT2D eigenvalue weighted by Gasteiger charge is 2.10. The molecule has 2 N–H and O–H groups in total. The van der Waals surface area contributed by atoms with Crippen molar-refractivity contribution in [3.63, 3.8) is 0 Å². The molecule has 1 aromatic carbocycles. The van der Waals surface area contributed by atoms with Gasteiger partial charge in [0.25, 0.3) is 0 Å². The van der Waals surface area contributed by atoms with Gasteiger partial charge in [-0.3, -0.25) is 4.79 Å².